The van der Waals surface area contributed by atoms with Gasteiger partial charge in [0.25, 0.3) is 0 Å². The molecule has 0 bridgehead atoms. The minimum atomic E-state index is -3.80. The lowest BCUT2D eigenvalue weighted by Gasteiger charge is -2.11. The molecule has 5 nitrogen and oxygen atoms in total. The zero-order chi connectivity index (χ0) is 9.61. The van der Waals surface area contributed by atoms with Crippen LogP contribution in [0.5, 0.6) is 0 Å². The third-order valence-electron chi connectivity index (χ3n) is 0.850. The van der Waals surface area contributed by atoms with Crippen LogP contribution in [0.3, 0.4) is 0 Å². The minimum Gasteiger partial charge on any atom is -0.393 e. The summed E-state index contributed by atoms with van der Waals surface area (Å²) < 4.78 is 15.1. The van der Waals surface area contributed by atoms with Gasteiger partial charge in [0, 0.05) is 0 Å². The van der Waals surface area contributed by atoms with E-state index in [-0.39, 0.29) is 12.8 Å². The molecule has 0 saturated carbocycles. The van der Waals surface area contributed by atoms with Crippen LogP contribution in [0.25, 0.3) is 0 Å². The van der Waals surface area contributed by atoms with Crippen molar-refractivity contribution in [1.82, 2.24) is 0 Å². The summed E-state index contributed by atoms with van der Waals surface area (Å²) in [6, 6.07) is 0. The summed E-state index contributed by atoms with van der Waals surface area (Å²) in [5, 5.41) is 8.76. The van der Waals surface area contributed by atoms with Crippen LogP contribution in [0.2, 0.25) is 0 Å². The van der Waals surface area contributed by atoms with E-state index in [9.17, 15) is 4.57 Å². The lowest BCUT2D eigenvalue weighted by molar-refractivity contribution is -0.202. The van der Waals surface area contributed by atoms with E-state index in [1.807, 2.05) is 0 Å². The summed E-state index contributed by atoms with van der Waals surface area (Å²) in [5.41, 5.74) is 0. The van der Waals surface area contributed by atoms with E-state index in [4.69, 9.17) is 10.00 Å². The molecule has 0 aliphatic heterocycles. The fourth-order valence-corrected chi connectivity index (χ4v) is 1.48. The van der Waals surface area contributed by atoms with Crippen molar-refractivity contribution in [3.63, 3.8) is 0 Å². The molecule has 0 radical (unpaired) electrons. The second kappa shape index (κ2) is 5.45. The molecule has 0 spiro atoms. The second-order valence-electron chi connectivity index (χ2n) is 2.32. The average Bonchev–Trinajstić information content (AvgIpc) is 1.84. The number of rotatable bonds is 6. The van der Waals surface area contributed by atoms with Crippen LogP contribution in [0.15, 0.2) is 12.7 Å². The van der Waals surface area contributed by atoms with Crippen molar-refractivity contribution in [2.75, 3.05) is 12.8 Å². The van der Waals surface area contributed by atoms with Gasteiger partial charge in [-0.15, -0.1) is 11.3 Å². The van der Waals surface area contributed by atoms with E-state index >= 15 is 0 Å². The Morgan fingerprint density at radius 2 is 2.33 bits per heavy atom. The third kappa shape index (κ3) is 6.52. The first-order valence-electron chi connectivity index (χ1n) is 3.40. The van der Waals surface area contributed by atoms with E-state index < -0.39 is 13.7 Å². The van der Waals surface area contributed by atoms with E-state index in [2.05, 4.69) is 16.1 Å². The second-order valence-corrected chi connectivity index (χ2v) is 4.11. The normalized spacial score (nSPS) is 18.2. The Hall–Kier alpha value is -0.190. The first kappa shape index (κ1) is 11.8. The van der Waals surface area contributed by atoms with Gasteiger partial charge in [0.15, 0.2) is 0 Å². The summed E-state index contributed by atoms with van der Waals surface area (Å²) in [6.07, 6.45) is 0.139. The predicted molar refractivity (Wildman–Crippen MR) is 43.6 cm³/mol. The molecule has 0 aliphatic carbocycles. The van der Waals surface area contributed by atoms with Crippen LogP contribution in [0.1, 0.15) is 6.92 Å². The fraction of sp³-hybridized carbons (Fsp3) is 0.667. The largest absolute Gasteiger partial charge is 0.393 e. The van der Waals surface area contributed by atoms with Gasteiger partial charge in [0.05, 0.1) is 12.3 Å². The maximum Gasteiger partial charge on any atom is 0.358 e. The van der Waals surface area contributed by atoms with E-state index in [0.29, 0.717) is 0 Å². The fourth-order valence-electron chi connectivity index (χ4n) is 0.525. The smallest absolute Gasteiger partial charge is 0.358 e. The van der Waals surface area contributed by atoms with Gasteiger partial charge in [0.1, 0.15) is 6.61 Å². The Morgan fingerprint density at radius 1 is 1.75 bits per heavy atom. The van der Waals surface area contributed by atoms with Gasteiger partial charge in [0.2, 0.25) is 0 Å². The lowest BCUT2D eigenvalue weighted by atomic mass is 10.5. The number of hydrogen-bond donors (Lipinski definition) is 2. The molecule has 12 heavy (non-hydrogen) atoms. The Labute approximate surface area is 71.1 Å². The van der Waals surface area contributed by atoms with Gasteiger partial charge in [-0.3, -0.25) is 4.57 Å². The summed E-state index contributed by atoms with van der Waals surface area (Å²) >= 11 is 0. The molecule has 0 aliphatic rings. The molecule has 2 atom stereocenters. The number of aliphatic hydroxyl groups is 1. The number of aliphatic hydroxyl groups excluding tert-OH is 1. The zero-order valence-corrected chi connectivity index (χ0v) is 7.74. The summed E-state index contributed by atoms with van der Waals surface area (Å²) in [7, 11) is -3.80. The molecule has 6 heteroatoms. The van der Waals surface area contributed by atoms with E-state index in [0.717, 1.165) is 0 Å². The first-order valence-corrected chi connectivity index (χ1v) is 5.16. The quantitative estimate of drug-likeness (QED) is 0.215. The summed E-state index contributed by atoms with van der Waals surface area (Å²) in [5.74, 6) is 0. The minimum absolute atomic E-state index is 0.0321. The van der Waals surface area contributed by atoms with Crippen molar-refractivity contribution in [2.24, 2.45) is 0 Å². The van der Waals surface area contributed by atoms with Crippen molar-refractivity contribution in [3.05, 3.63) is 12.7 Å². The van der Waals surface area contributed by atoms with Gasteiger partial charge in [-0.05, 0) is 6.92 Å². The topological polar surface area (TPSA) is 76.0 Å². The molecule has 0 fully saturated rings. The average molecular weight is 196 g/mol. The molecule has 0 aromatic heterocycles. The molecule has 0 amide bonds. The molecule has 0 rings (SSSR count). The summed E-state index contributed by atoms with van der Waals surface area (Å²) in [6.45, 7) is 4.74. The van der Waals surface area contributed by atoms with Crippen molar-refractivity contribution in [3.8, 4) is 0 Å². The zero-order valence-electron chi connectivity index (χ0n) is 6.84. The van der Waals surface area contributed by atoms with Gasteiger partial charge in [-0.25, -0.2) is 4.89 Å². The van der Waals surface area contributed by atoms with E-state index in [1.54, 1.807) is 0 Å². The summed E-state index contributed by atoms with van der Waals surface area (Å²) in [4.78, 5) is 13.2. The van der Waals surface area contributed by atoms with Gasteiger partial charge in [-0.1, -0.05) is 6.08 Å². The molecular weight excluding hydrogens is 183 g/mol. The highest BCUT2D eigenvalue weighted by Gasteiger charge is 2.22. The van der Waals surface area contributed by atoms with Crippen LogP contribution in [0, 0.1) is 0 Å². The Bertz CT molecular complexity index is 179. The maximum absolute atomic E-state index is 10.9. The van der Waals surface area contributed by atoms with Gasteiger partial charge in [-0.2, -0.15) is 0 Å². The molecule has 0 aromatic rings. The molecule has 0 aromatic carbocycles. The highest BCUT2D eigenvalue weighted by molar-refractivity contribution is 7.52. The first-order chi connectivity index (χ1) is 5.48. The Balaban J connectivity index is 3.71. The number of hydrogen-bond acceptors (Lipinski definition) is 4. The molecule has 0 saturated heterocycles. The monoisotopic (exact) mass is 196 g/mol. The Morgan fingerprint density at radius 3 is 2.75 bits per heavy atom. The van der Waals surface area contributed by atoms with E-state index in [1.165, 1.54) is 13.0 Å². The van der Waals surface area contributed by atoms with Gasteiger partial charge >= 0.3 is 7.60 Å². The van der Waals surface area contributed by atoms with Crippen molar-refractivity contribution >= 4 is 7.60 Å². The van der Waals surface area contributed by atoms with Crippen LogP contribution < -0.4 is 0 Å². The molecule has 2 unspecified atom stereocenters. The molecular formula is C6H13O5P. The van der Waals surface area contributed by atoms with Crippen molar-refractivity contribution in [1.29, 1.82) is 0 Å². The maximum atomic E-state index is 10.9. The van der Waals surface area contributed by atoms with Crippen LogP contribution in [0.4, 0.5) is 0 Å². The van der Waals surface area contributed by atoms with Crippen LogP contribution >= 0.6 is 7.60 Å². The molecule has 72 valence electrons. The predicted octanol–water partition coefficient (Wildman–Crippen LogP) is 0.687. The van der Waals surface area contributed by atoms with Crippen molar-refractivity contribution < 1.29 is 24.1 Å². The third-order valence-corrected chi connectivity index (χ3v) is 2.18. The van der Waals surface area contributed by atoms with Crippen molar-refractivity contribution in [2.45, 2.75) is 13.0 Å². The van der Waals surface area contributed by atoms with Crippen LogP contribution in [-0.4, -0.2) is 28.9 Å². The Kier molecular flexibility index (Phi) is 5.37. The SMILES string of the molecule is C=CCOOP(=O)(O)CC(C)O. The highest BCUT2D eigenvalue weighted by atomic mass is 31.2. The lowest BCUT2D eigenvalue weighted by Crippen LogP contribution is -2.09. The van der Waals surface area contributed by atoms with Gasteiger partial charge < -0.3 is 10.00 Å². The molecule has 0 heterocycles. The van der Waals surface area contributed by atoms with Crippen LogP contribution in [-0.2, 0) is 14.1 Å². The highest BCUT2D eigenvalue weighted by Crippen LogP contribution is 2.42. The standard InChI is InChI=1S/C6H13O5P/c1-3-4-10-11-12(8,9)5-6(2)7/h3,6-7H,1,4-5H2,2H3,(H,8,9). The molecule has 2 N–H and O–H groups in total.